The van der Waals surface area contributed by atoms with Gasteiger partial charge in [-0.2, -0.15) is 0 Å². The molecule has 0 aliphatic heterocycles. The normalized spacial score (nSPS) is 11.3. The minimum atomic E-state index is -3.33. The number of carbonyl (C=O) groups excluding carboxylic acids is 1. The average molecular weight is 389 g/mol. The zero-order chi connectivity index (χ0) is 20.0. The molecule has 0 aliphatic rings. The minimum Gasteiger partial charge on any atom is -0.372 e. The number of benzene rings is 2. The highest BCUT2D eigenvalue weighted by Gasteiger charge is 2.13. The maximum atomic E-state index is 12.6. The highest BCUT2D eigenvalue weighted by atomic mass is 32.2. The van der Waals surface area contributed by atoms with Crippen LogP contribution in [-0.2, 0) is 9.84 Å². The molecular formula is C21H28N2O3S. The van der Waals surface area contributed by atoms with Gasteiger partial charge in [-0.1, -0.05) is 19.4 Å². The smallest absolute Gasteiger partial charge is 0.255 e. The maximum absolute atomic E-state index is 12.6. The van der Waals surface area contributed by atoms with Crippen molar-refractivity contribution < 1.29 is 13.2 Å². The first-order valence-electron chi connectivity index (χ1n) is 9.23. The first-order valence-corrected chi connectivity index (χ1v) is 11.1. The molecule has 2 rings (SSSR count). The molecule has 0 heterocycles. The summed E-state index contributed by atoms with van der Waals surface area (Å²) in [6.45, 7) is 8.03. The van der Waals surface area contributed by atoms with Crippen LogP contribution in [0.1, 0.15) is 42.6 Å². The number of nitrogens with zero attached hydrogens (tertiary/aromatic N) is 1. The van der Waals surface area contributed by atoms with Gasteiger partial charge in [0.1, 0.15) is 0 Å². The van der Waals surface area contributed by atoms with E-state index in [0.717, 1.165) is 43.4 Å². The molecule has 1 N–H and O–H groups in total. The van der Waals surface area contributed by atoms with Crippen LogP contribution in [0.25, 0.3) is 0 Å². The van der Waals surface area contributed by atoms with Gasteiger partial charge in [0.05, 0.1) is 4.90 Å². The highest BCUT2D eigenvalue weighted by Crippen LogP contribution is 2.22. The first kappa shape index (κ1) is 21.0. The van der Waals surface area contributed by atoms with E-state index in [2.05, 4.69) is 24.1 Å². The van der Waals surface area contributed by atoms with Gasteiger partial charge in [-0.25, -0.2) is 8.42 Å². The van der Waals surface area contributed by atoms with Crippen LogP contribution in [0, 0.1) is 6.92 Å². The molecular weight excluding hydrogens is 360 g/mol. The second-order valence-electron chi connectivity index (χ2n) is 6.68. The molecule has 27 heavy (non-hydrogen) atoms. The Morgan fingerprint density at radius 3 is 2.30 bits per heavy atom. The van der Waals surface area contributed by atoms with Crippen molar-refractivity contribution in [3.8, 4) is 0 Å². The summed E-state index contributed by atoms with van der Waals surface area (Å²) in [5.74, 6) is -0.257. The molecule has 2 aromatic rings. The lowest BCUT2D eigenvalue weighted by Gasteiger charge is -2.23. The molecule has 0 aliphatic carbocycles. The number of hydrogen-bond donors (Lipinski definition) is 1. The van der Waals surface area contributed by atoms with E-state index in [1.54, 1.807) is 24.3 Å². The Morgan fingerprint density at radius 2 is 1.74 bits per heavy atom. The van der Waals surface area contributed by atoms with E-state index in [0.29, 0.717) is 11.3 Å². The lowest BCUT2D eigenvalue weighted by molar-refractivity contribution is 0.102. The Hall–Kier alpha value is -2.34. The average Bonchev–Trinajstić information content (AvgIpc) is 2.63. The summed E-state index contributed by atoms with van der Waals surface area (Å²) in [7, 11) is -3.33. The Labute approximate surface area is 162 Å². The molecule has 146 valence electrons. The van der Waals surface area contributed by atoms with E-state index in [1.165, 1.54) is 6.07 Å². The van der Waals surface area contributed by atoms with Crippen molar-refractivity contribution in [2.24, 2.45) is 0 Å². The fourth-order valence-electron chi connectivity index (χ4n) is 2.80. The number of carbonyl (C=O) groups is 1. The van der Waals surface area contributed by atoms with Crippen molar-refractivity contribution in [3.63, 3.8) is 0 Å². The zero-order valence-corrected chi connectivity index (χ0v) is 17.3. The summed E-state index contributed by atoms with van der Waals surface area (Å²) in [6.07, 6.45) is 3.43. The minimum absolute atomic E-state index is 0.188. The summed E-state index contributed by atoms with van der Waals surface area (Å²) >= 11 is 0. The molecule has 0 fully saturated rings. The predicted molar refractivity (Wildman–Crippen MR) is 111 cm³/mol. The van der Waals surface area contributed by atoms with Gasteiger partial charge in [0, 0.05) is 36.3 Å². The van der Waals surface area contributed by atoms with Crippen molar-refractivity contribution in [2.45, 2.75) is 38.5 Å². The largest absolute Gasteiger partial charge is 0.372 e. The molecule has 0 aromatic heterocycles. The summed E-state index contributed by atoms with van der Waals surface area (Å²) in [5.41, 5.74) is 2.95. The second-order valence-corrected chi connectivity index (χ2v) is 8.70. The van der Waals surface area contributed by atoms with Crippen molar-refractivity contribution in [1.29, 1.82) is 0 Å². The van der Waals surface area contributed by atoms with Crippen LogP contribution in [0.5, 0.6) is 0 Å². The third kappa shape index (κ3) is 5.57. The van der Waals surface area contributed by atoms with Crippen LogP contribution in [-0.4, -0.2) is 33.7 Å². The molecule has 0 bridgehead atoms. The lowest BCUT2D eigenvalue weighted by Crippen LogP contribution is -2.23. The fraction of sp³-hybridized carbons (Fsp3) is 0.381. The molecule has 0 saturated carbocycles. The van der Waals surface area contributed by atoms with E-state index < -0.39 is 9.84 Å². The number of amides is 1. The Balaban J connectivity index is 2.17. The number of anilines is 2. The van der Waals surface area contributed by atoms with Crippen LogP contribution < -0.4 is 10.2 Å². The van der Waals surface area contributed by atoms with Crippen molar-refractivity contribution in [3.05, 3.63) is 53.6 Å². The Bertz CT molecular complexity index is 890. The molecule has 0 atom stereocenters. The standard InChI is InChI=1S/C21H28N2O3S/c1-5-7-14-23(6-2)18-11-9-17(10-12-18)21(24)22-20-15-19(27(4,25)26)13-8-16(20)3/h8-13,15H,5-7,14H2,1-4H3,(H,22,24). The van der Waals surface area contributed by atoms with Gasteiger partial charge in [0.2, 0.25) is 0 Å². The summed E-state index contributed by atoms with van der Waals surface area (Å²) in [6, 6.07) is 12.2. The van der Waals surface area contributed by atoms with Crippen LogP contribution in [0.2, 0.25) is 0 Å². The van der Waals surface area contributed by atoms with Gasteiger partial charge in [-0.15, -0.1) is 0 Å². The van der Waals surface area contributed by atoms with Gasteiger partial charge in [-0.05, 0) is 62.2 Å². The second kappa shape index (κ2) is 9.04. The third-order valence-electron chi connectivity index (χ3n) is 4.54. The molecule has 0 saturated heterocycles. The van der Waals surface area contributed by atoms with Gasteiger partial charge < -0.3 is 10.2 Å². The van der Waals surface area contributed by atoms with Gasteiger partial charge >= 0.3 is 0 Å². The van der Waals surface area contributed by atoms with Crippen LogP contribution in [0.4, 0.5) is 11.4 Å². The third-order valence-corrected chi connectivity index (χ3v) is 5.65. The highest BCUT2D eigenvalue weighted by molar-refractivity contribution is 7.90. The summed E-state index contributed by atoms with van der Waals surface area (Å²) in [5, 5.41) is 2.82. The Morgan fingerprint density at radius 1 is 1.07 bits per heavy atom. The van der Waals surface area contributed by atoms with E-state index in [1.807, 2.05) is 19.1 Å². The SMILES string of the molecule is CCCCN(CC)c1ccc(C(=O)Nc2cc(S(C)(=O)=O)ccc2C)cc1. The van der Waals surface area contributed by atoms with E-state index >= 15 is 0 Å². The lowest BCUT2D eigenvalue weighted by atomic mass is 10.1. The van der Waals surface area contributed by atoms with E-state index in [9.17, 15) is 13.2 Å². The number of nitrogens with one attached hydrogen (secondary N) is 1. The van der Waals surface area contributed by atoms with Gasteiger partial charge in [-0.3, -0.25) is 4.79 Å². The molecule has 5 nitrogen and oxygen atoms in total. The number of unbranched alkanes of at least 4 members (excludes halogenated alkanes) is 1. The summed E-state index contributed by atoms with van der Waals surface area (Å²) in [4.78, 5) is 15.0. The van der Waals surface area contributed by atoms with Crippen molar-refractivity contribution >= 4 is 27.1 Å². The topological polar surface area (TPSA) is 66.5 Å². The molecule has 1 amide bonds. The summed E-state index contributed by atoms with van der Waals surface area (Å²) < 4.78 is 23.5. The van der Waals surface area contributed by atoms with Crippen LogP contribution >= 0.6 is 0 Å². The van der Waals surface area contributed by atoms with Gasteiger partial charge in [0.15, 0.2) is 9.84 Å². The van der Waals surface area contributed by atoms with Gasteiger partial charge in [0.25, 0.3) is 5.91 Å². The van der Waals surface area contributed by atoms with Crippen molar-refractivity contribution in [2.75, 3.05) is 29.6 Å². The molecule has 0 radical (unpaired) electrons. The quantitative estimate of drug-likeness (QED) is 0.733. The van der Waals surface area contributed by atoms with Crippen molar-refractivity contribution in [1.82, 2.24) is 0 Å². The maximum Gasteiger partial charge on any atom is 0.255 e. The van der Waals surface area contributed by atoms with Crippen LogP contribution in [0.15, 0.2) is 47.4 Å². The molecule has 0 spiro atoms. The number of hydrogen-bond acceptors (Lipinski definition) is 4. The molecule has 6 heteroatoms. The van der Waals surface area contributed by atoms with Crippen LogP contribution in [0.3, 0.4) is 0 Å². The predicted octanol–water partition coefficient (Wildman–Crippen LogP) is 4.28. The molecule has 2 aromatic carbocycles. The van der Waals surface area contributed by atoms with E-state index in [4.69, 9.17) is 0 Å². The monoisotopic (exact) mass is 388 g/mol. The zero-order valence-electron chi connectivity index (χ0n) is 16.5. The number of rotatable bonds is 8. The fourth-order valence-corrected chi connectivity index (χ4v) is 3.45. The number of aryl methyl sites for hydroxylation is 1. The Kier molecular flexibility index (Phi) is 7.02. The van der Waals surface area contributed by atoms with E-state index in [-0.39, 0.29) is 10.8 Å². The number of sulfone groups is 1. The molecule has 0 unspecified atom stereocenters. The first-order chi connectivity index (χ1) is 12.8.